The van der Waals surface area contributed by atoms with Crippen LogP contribution in [0.1, 0.15) is 54.3 Å². The number of anilines is 1. The summed E-state index contributed by atoms with van der Waals surface area (Å²) < 4.78 is 7.54. The molecule has 1 unspecified atom stereocenters. The molecule has 2 aromatic heterocycles. The fourth-order valence-corrected chi connectivity index (χ4v) is 6.21. The van der Waals surface area contributed by atoms with E-state index in [0.29, 0.717) is 24.3 Å². The summed E-state index contributed by atoms with van der Waals surface area (Å²) in [5, 5.41) is 29.3. The van der Waals surface area contributed by atoms with Gasteiger partial charge in [-0.1, -0.05) is 97.4 Å². The van der Waals surface area contributed by atoms with Crippen LogP contribution in [0, 0.1) is 0 Å². The van der Waals surface area contributed by atoms with Crippen molar-refractivity contribution >= 4 is 16.9 Å². The predicted molar refractivity (Wildman–Crippen MR) is 166 cm³/mol. The van der Waals surface area contributed by atoms with Crippen molar-refractivity contribution in [3.8, 4) is 0 Å². The van der Waals surface area contributed by atoms with E-state index >= 15 is 0 Å². The fraction of sp³-hybridized carbons (Fsp3) is 0.324. The second-order valence-corrected chi connectivity index (χ2v) is 11.0. The summed E-state index contributed by atoms with van der Waals surface area (Å²) in [6.07, 6.45) is 3.37. The lowest BCUT2D eigenvalue weighted by atomic mass is 9.77. The Hall–Kier alpha value is -4.15. The van der Waals surface area contributed by atoms with Crippen LogP contribution >= 0.6 is 0 Å². The van der Waals surface area contributed by atoms with Crippen LogP contribution in [0.4, 0.5) is 5.82 Å². The number of aliphatic hydroxyl groups excluding tert-OH is 2. The first-order chi connectivity index (χ1) is 21.1. The molecule has 0 aliphatic carbocycles. The molecule has 1 aliphatic heterocycles. The maximum absolute atomic E-state index is 10.3. The number of aromatic nitrogens is 4. The maximum atomic E-state index is 10.3. The Bertz CT molecular complexity index is 1520. The SMILES string of the molecule is Nc1ncnc2c1c(CCCCCNC(c1ccccc1)(c1ccccc1)c1ccccc1)nn2C1C[C@H](O)[C@@H](CO)O1. The zero-order chi connectivity index (χ0) is 29.6. The van der Waals surface area contributed by atoms with Crippen molar-refractivity contribution in [3.63, 3.8) is 0 Å². The summed E-state index contributed by atoms with van der Waals surface area (Å²) in [5.41, 5.74) is 10.8. The van der Waals surface area contributed by atoms with E-state index in [-0.39, 0.29) is 6.61 Å². The van der Waals surface area contributed by atoms with Gasteiger partial charge in [0.25, 0.3) is 0 Å². The number of rotatable bonds is 12. The molecule has 6 rings (SSSR count). The molecule has 3 aromatic carbocycles. The van der Waals surface area contributed by atoms with Gasteiger partial charge in [-0.15, -0.1) is 0 Å². The lowest BCUT2D eigenvalue weighted by molar-refractivity contribution is -0.0471. The van der Waals surface area contributed by atoms with Crippen LogP contribution in [-0.2, 0) is 16.7 Å². The van der Waals surface area contributed by atoms with Crippen molar-refractivity contribution in [2.24, 2.45) is 0 Å². The van der Waals surface area contributed by atoms with Crippen LogP contribution in [0.25, 0.3) is 11.0 Å². The van der Waals surface area contributed by atoms with E-state index < -0.39 is 24.0 Å². The average molecular weight is 579 g/mol. The summed E-state index contributed by atoms with van der Waals surface area (Å²) in [6.45, 7) is 0.560. The highest BCUT2D eigenvalue weighted by atomic mass is 16.5. The van der Waals surface area contributed by atoms with Crippen molar-refractivity contribution in [2.45, 2.75) is 56.1 Å². The van der Waals surface area contributed by atoms with Gasteiger partial charge in [-0.05, 0) is 42.5 Å². The maximum Gasteiger partial charge on any atom is 0.166 e. The number of unbranched alkanes of at least 4 members (excludes halogenated alkanes) is 2. The Balaban J connectivity index is 1.17. The van der Waals surface area contributed by atoms with Gasteiger partial charge in [-0.3, -0.25) is 5.32 Å². The molecule has 0 spiro atoms. The number of ether oxygens (including phenoxy) is 1. The number of benzene rings is 3. The quantitative estimate of drug-likeness (QED) is 0.127. The third kappa shape index (κ3) is 5.77. The molecule has 1 saturated heterocycles. The molecule has 0 radical (unpaired) electrons. The molecule has 3 heterocycles. The van der Waals surface area contributed by atoms with Gasteiger partial charge in [-0.25, -0.2) is 14.6 Å². The normalized spacial score (nSPS) is 18.8. The van der Waals surface area contributed by atoms with E-state index in [1.807, 2.05) is 0 Å². The number of hydrogen-bond acceptors (Lipinski definition) is 8. The molecule has 3 atom stereocenters. The van der Waals surface area contributed by atoms with E-state index in [2.05, 4.69) is 106 Å². The van der Waals surface area contributed by atoms with Gasteiger partial charge >= 0.3 is 0 Å². The Morgan fingerprint density at radius 2 is 1.47 bits per heavy atom. The molecule has 1 aliphatic rings. The Morgan fingerprint density at radius 3 is 2.02 bits per heavy atom. The molecule has 1 fully saturated rings. The predicted octanol–water partition coefficient (Wildman–Crippen LogP) is 4.34. The molecule has 5 aromatic rings. The van der Waals surface area contributed by atoms with Gasteiger partial charge in [0.1, 0.15) is 18.2 Å². The zero-order valence-corrected chi connectivity index (χ0v) is 24.1. The molecule has 0 bridgehead atoms. The van der Waals surface area contributed by atoms with Gasteiger partial charge in [0.15, 0.2) is 11.9 Å². The zero-order valence-electron chi connectivity index (χ0n) is 24.1. The van der Waals surface area contributed by atoms with Gasteiger partial charge < -0.3 is 20.7 Å². The molecule has 43 heavy (non-hydrogen) atoms. The highest BCUT2D eigenvalue weighted by molar-refractivity contribution is 5.88. The van der Waals surface area contributed by atoms with Crippen molar-refractivity contribution in [2.75, 3.05) is 18.9 Å². The van der Waals surface area contributed by atoms with Crippen molar-refractivity contribution in [1.29, 1.82) is 0 Å². The van der Waals surface area contributed by atoms with Crippen LogP contribution < -0.4 is 11.1 Å². The number of nitrogen functional groups attached to an aromatic ring is 1. The summed E-state index contributed by atoms with van der Waals surface area (Å²) in [6, 6.07) is 31.9. The minimum Gasteiger partial charge on any atom is -0.394 e. The van der Waals surface area contributed by atoms with E-state index in [9.17, 15) is 10.2 Å². The van der Waals surface area contributed by atoms with Gasteiger partial charge in [0.2, 0.25) is 0 Å². The molecule has 0 amide bonds. The summed E-state index contributed by atoms with van der Waals surface area (Å²) >= 11 is 0. The second kappa shape index (κ2) is 13.0. The highest BCUT2D eigenvalue weighted by Gasteiger charge is 2.37. The largest absolute Gasteiger partial charge is 0.394 e. The van der Waals surface area contributed by atoms with Crippen LogP contribution in [0.5, 0.6) is 0 Å². The number of hydrogen-bond donors (Lipinski definition) is 4. The number of aryl methyl sites for hydroxylation is 1. The van der Waals surface area contributed by atoms with Crippen LogP contribution in [-0.4, -0.2) is 55.3 Å². The number of nitrogens with zero attached hydrogens (tertiary/aromatic N) is 4. The van der Waals surface area contributed by atoms with E-state index in [1.54, 1.807) is 4.68 Å². The molecular formula is C34H38N6O3. The summed E-state index contributed by atoms with van der Waals surface area (Å²) in [4.78, 5) is 8.63. The lowest BCUT2D eigenvalue weighted by Crippen LogP contribution is -2.45. The number of nitrogens with two attached hydrogens (primary N) is 1. The Labute approximate surface area is 251 Å². The van der Waals surface area contributed by atoms with Crippen LogP contribution in [0.3, 0.4) is 0 Å². The van der Waals surface area contributed by atoms with E-state index in [0.717, 1.165) is 36.9 Å². The first-order valence-corrected chi connectivity index (χ1v) is 15.0. The number of aliphatic hydroxyl groups is 2. The van der Waals surface area contributed by atoms with Gasteiger partial charge in [0.05, 0.1) is 29.3 Å². The van der Waals surface area contributed by atoms with Crippen molar-refractivity contribution < 1.29 is 14.9 Å². The lowest BCUT2D eigenvalue weighted by Gasteiger charge is -2.37. The van der Waals surface area contributed by atoms with Crippen LogP contribution in [0.2, 0.25) is 0 Å². The smallest absolute Gasteiger partial charge is 0.166 e. The Kier molecular flexibility index (Phi) is 8.76. The minimum atomic E-state index is -0.765. The topological polar surface area (TPSA) is 131 Å². The molecule has 5 N–H and O–H groups in total. The average Bonchev–Trinajstić information content (AvgIpc) is 3.62. The molecule has 0 saturated carbocycles. The van der Waals surface area contributed by atoms with Crippen LogP contribution in [0.15, 0.2) is 97.3 Å². The number of fused-ring (bicyclic) bond motifs is 1. The third-order valence-corrected chi connectivity index (χ3v) is 8.35. The highest BCUT2D eigenvalue weighted by Crippen LogP contribution is 2.37. The fourth-order valence-electron chi connectivity index (χ4n) is 6.21. The van der Waals surface area contributed by atoms with Crippen molar-refractivity contribution in [3.05, 3.63) is 120 Å². The molecular weight excluding hydrogens is 540 g/mol. The minimum absolute atomic E-state index is 0.255. The summed E-state index contributed by atoms with van der Waals surface area (Å²) in [7, 11) is 0. The van der Waals surface area contributed by atoms with E-state index in [4.69, 9.17) is 15.6 Å². The molecule has 222 valence electrons. The van der Waals surface area contributed by atoms with Gasteiger partial charge in [0, 0.05) is 6.42 Å². The monoisotopic (exact) mass is 578 g/mol. The Morgan fingerprint density at radius 1 is 0.860 bits per heavy atom. The van der Waals surface area contributed by atoms with E-state index in [1.165, 1.54) is 23.0 Å². The second-order valence-electron chi connectivity index (χ2n) is 11.0. The molecule has 9 nitrogen and oxygen atoms in total. The molecule has 9 heteroatoms. The summed E-state index contributed by atoms with van der Waals surface area (Å²) in [5.74, 6) is 0.378. The number of nitrogens with one attached hydrogen (secondary N) is 1. The standard InChI is InChI=1S/C34H38N6O3/c35-32-31-27(39-40(33(31)37-23-36-32)30-21-28(42)29(22-41)43-30)19-11-4-12-20-38-34(24-13-5-1-6-14-24,25-15-7-2-8-16-25)26-17-9-3-10-18-26/h1-3,5-10,13-18,23,28-30,38,41-42H,4,11-12,19-22H2,(H2,35,36,37)/t28-,29+,30?/m0/s1. The van der Waals surface area contributed by atoms with Crippen molar-refractivity contribution in [1.82, 2.24) is 25.1 Å². The first kappa shape index (κ1) is 28.9. The third-order valence-electron chi connectivity index (χ3n) is 8.35. The first-order valence-electron chi connectivity index (χ1n) is 15.0. The van der Waals surface area contributed by atoms with Gasteiger partial charge in [-0.2, -0.15) is 5.10 Å².